The second kappa shape index (κ2) is 7.58. The number of hydrogen-bond acceptors (Lipinski definition) is 6. The lowest BCUT2D eigenvalue weighted by Gasteiger charge is -2.09. The SMILES string of the molecule is C=N/C=C\n1c(-c2cnn(C)c2)cnc1CNc1cccc(S(C)(=O)=O)c1. The molecule has 1 N–H and O–H groups in total. The minimum Gasteiger partial charge on any atom is -0.378 e. The van der Waals surface area contributed by atoms with Crippen molar-refractivity contribution < 1.29 is 8.42 Å². The molecule has 0 unspecified atom stereocenters. The first kappa shape index (κ1) is 18.6. The van der Waals surface area contributed by atoms with Crippen LogP contribution in [0.15, 0.2) is 58.9 Å². The van der Waals surface area contributed by atoms with E-state index in [0.29, 0.717) is 12.2 Å². The van der Waals surface area contributed by atoms with E-state index in [-0.39, 0.29) is 4.90 Å². The Morgan fingerprint density at radius 2 is 2.15 bits per heavy atom. The Hall–Kier alpha value is -3.20. The van der Waals surface area contributed by atoms with Gasteiger partial charge in [-0.3, -0.25) is 14.2 Å². The molecule has 0 saturated carbocycles. The fourth-order valence-electron chi connectivity index (χ4n) is 2.59. The molecule has 2 heterocycles. The van der Waals surface area contributed by atoms with Crippen LogP contribution in [0.25, 0.3) is 17.5 Å². The highest BCUT2D eigenvalue weighted by Gasteiger charge is 2.12. The lowest BCUT2D eigenvalue weighted by molar-refractivity contribution is 0.602. The first-order valence-corrected chi connectivity index (χ1v) is 9.99. The minimum atomic E-state index is -3.26. The van der Waals surface area contributed by atoms with Crippen LogP contribution in [0.2, 0.25) is 0 Å². The van der Waals surface area contributed by atoms with Crippen molar-refractivity contribution in [3.05, 3.63) is 54.9 Å². The van der Waals surface area contributed by atoms with Gasteiger partial charge in [0.1, 0.15) is 5.82 Å². The molecule has 3 rings (SSSR count). The Labute approximate surface area is 157 Å². The molecule has 27 heavy (non-hydrogen) atoms. The third-order valence-electron chi connectivity index (χ3n) is 3.91. The third-order valence-corrected chi connectivity index (χ3v) is 5.02. The molecule has 2 aromatic heterocycles. The minimum absolute atomic E-state index is 0.266. The van der Waals surface area contributed by atoms with Crippen molar-refractivity contribution in [2.75, 3.05) is 11.6 Å². The molecule has 0 spiro atoms. The Morgan fingerprint density at radius 3 is 2.81 bits per heavy atom. The second-order valence-electron chi connectivity index (χ2n) is 5.97. The molecule has 9 heteroatoms. The smallest absolute Gasteiger partial charge is 0.175 e. The van der Waals surface area contributed by atoms with Crippen molar-refractivity contribution in [2.24, 2.45) is 12.0 Å². The average Bonchev–Trinajstić information content (AvgIpc) is 3.23. The van der Waals surface area contributed by atoms with Gasteiger partial charge in [0.15, 0.2) is 9.84 Å². The zero-order valence-electron chi connectivity index (χ0n) is 15.1. The number of nitrogens with one attached hydrogen (secondary N) is 1. The fourth-order valence-corrected chi connectivity index (χ4v) is 3.26. The first-order valence-electron chi connectivity index (χ1n) is 8.10. The van der Waals surface area contributed by atoms with Crippen molar-refractivity contribution in [1.82, 2.24) is 19.3 Å². The van der Waals surface area contributed by atoms with Crippen LogP contribution < -0.4 is 5.32 Å². The number of aliphatic imine (C=N–C) groups is 1. The predicted octanol–water partition coefficient (Wildman–Crippen LogP) is 2.43. The number of aromatic nitrogens is 4. The topological polar surface area (TPSA) is 94.2 Å². The van der Waals surface area contributed by atoms with Crippen LogP contribution in [-0.2, 0) is 23.4 Å². The third kappa shape index (κ3) is 4.32. The lowest BCUT2D eigenvalue weighted by Crippen LogP contribution is -2.07. The van der Waals surface area contributed by atoms with E-state index < -0.39 is 9.84 Å². The van der Waals surface area contributed by atoms with E-state index in [0.717, 1.165) is 17.1 Å². The fraction of sp³-hybridized carbons (Fsp3) is 0.167. The summed E-state index contributed by atoms with van der Waals surface area (Å²) >= 11 is 0. The number of benzene rings is 1. The number of anilines is 1. The van der Waals surface area contributed by atoms with E-state index in [1.54, 1.807) is 47.7 Å². The maximum atomic E-state index is 11.7. The molecule has 3 aromatic rings. The Bertz CT molecular complexity index is 1090. The maximum absolute atomic E-state index is 11.7. The Kier molecular flexibility index (Phi) is 5.22. The molecule has 1 aromatic carbocycles. The summed E-state index contributed by atoms with van der Waals surface area (Å²) in [5.74, 6) is 0.735. The summed E-state index contributed by atoms with van der Waals surface area (Å²) in [6.07, 6.45) is 9.95. The van der Waals surface area contributed by atoms with Crippen LogP contribution in [-0.4, -0.2) is 40.7 Å². The number of imidazole rings is 1. The van der Waals surface area contributed by atoms with Crippen molar-refractivity contribution in [3.8, 4) is 11.3 Å². The normalized spacial score (nSPS) is 11.8. The quantitative estimate of drug-likeness (QED) is 0.632. The molecule has 140 valence electrons. The van der Waals surface area contributed by atoms with Gasteiger partial charge in [-0.25, -0.2) is 13.4 Å². The number of hydrogen-bond donors (Lipinski definition) is 1. The van der Waals surface area contributed by atoms with Gasteiger partial charge >= 0.3 is 0 Å². The van der Waals surface area contributed by atoms with Crippen molar-refractivity contribution in [3.63, 3.8) is 0 Å². The summed E-state index contributed by atoms with van der Waals surface area (Å²) in [6.45, 7) is 3.86. The Balaban J connectivity index is 1.88. The molecular formula is C18H20N6O2S. The summed E-state index contributed by atoms with van der Waals surface area (Å²) in [5, 5.41) is 7.40. The number of aryl methyl sites for hydroxylation is 1. The largest absolute Gasteiger partial charge is 0.378 e. The zero-order valence-corrected chi connectivity index (χ0v) is 15.9. The summed E-state index contributed by atoms with van der Waals surface area (Å²) in [7, 11) is -1.41. The van der Waals surface area contributed by atoms with Crippen LogP contribution in [0.1, 0.15) is 5.82 Å². The van der Waals surface area contributed by atoms with Crippen LogP contribution >= 0.6 is 0 Å². The standard InChI is InChI=1S/C18H20N6O2S/c1-19-7-8-24-17(14-10-22-23(2)13-14)11-21-18(24)12-20-15-5-4-6-16(9-15)27(3,25)26/h4-11,13,20H,1,12H2,2-3H3/b8-7-. The first-order chi connectivity index (χ1) is 12.9. The predicted molar refractivity (Wildman–Crippen MR) is 106 cm³/mol. The van der Waals surface area contributed by atoms with Gasteiger partial charge in [0.05, 0.1) is 29.5 Å². The number of nitrogens with zero attached hydrogens (tertiary/aromatic N) is 5. The van der Waals surface area contributed by atoms with Gasteiger partial charge in [-0.15, -0.1) is 0 Å². The van der Waals surface area contributed by atoms with Crippen LogP contribution in [0, 0.1) is 0 Å². The van der Waals surface area contributed by atoms with Crippen molar-refractivity contribution in [2.45, 2.75) is 11.4 Å². The van der Waals surface area contributed by atoms with Crippen LogP contribution in [0.3, 0.4) is 0 Å². The van der Waals surface area contributed by atoms with Gasteiger partial charge in [-0.1, -0.05) is 6.07 Å². The van der Waals surface area contributed by atoms with E-state index in [4.69, 9.17) is 0 Å². The highest BCUT2D eigenvalue weighted by Crippen LogP contribution is 2.22. The van der Waals surface area contributed by atoms with Gasteiger partial charge in [0, 0.05) is 43.2 Å². The molecule has 0 aliphatic heterocycles. The molecule has 0 saturated heterocycles. The molecule has 0 fully saturated rings. The number of rotatable bonds is 7. The lowest BCUT2D eigenvalue weighted by atomic mass is 10.3. The molecule has 0 amide bonds. The highest BCUT2D eigenvalue weighted by atomic mass is 32.2. The van der Waals surface area contributed by atoms with Crippen LogP contribution in [0.5, 0.6) is 0 Å². The van der Waals surface area contributed by atoms with E-state index in [1.807, 2.05) is 23.9 Å². The molecule has 8 nitrogen and oxygen atoms in total. The molecule has 0 atom stereocenters. The van der Waals surface area contributed by atoms with E-state index in [1.165, 1.54) is 6.26 Å². The summed E-state index contributed by atoms with van der Waals surface area (Å²) in [5.41, 5.74) is 2.48. The van der Waals surface area contributed by atoms with Gasteiger partial charge in [-0.05, 0) is 24.9 Å². The molecule has 0 aliphatic carbocycles. The van der Waals surface area contributed by atoms with Crippen LogP contribution in [0.4, 0.5) is 5.69 Å². The van der Waals surface area contributed by atoms with Gasteiger partial charge in [-0.2, -0.15) is 5.10 Å². The van der Waals surface area contributed by atoms with Gasteiger partial charge < -0.3 is 5.32 Å². The zero-order chi connectivity index (χ0) is 19.4. The molecule has 0 radical (unpaired) electrons. The van der Waals surface area contributed by atoms with E-state index in [9.17, 15) is 8.42 Å². The maximum Gasteiger partial charge on any atom is 0.175 e. The highest BCUT2D eigenvalue weighted by molar-refractivity contribution is 7.90. The molecular weight excluding hydrogens is 364 g/mol. The van der Waals surface area contributed by atoms with E-state index in [2.05, 4.69) is 27.1 Å². The van der Waals surface area contributed by atoms with Crippen molar-refractivity contribution >= 4 is 28.4 Å². The summed E-state index contributed by atoms with van der Waals surface area (Å²) in [6, 6.07) is 6.69. The monoisotopic (exact) mass is 384 g/mol. The average molecular weight is 384 g/mol. The van der Waals surface area contributed by atoms with Gasteiger partial charge in [0.25, 0.3) is 0 Å². The summed E-state index contributed by atoms with van der Waals surface area (Å²) < 4.78 is 27.0. The van der Waals surface area contributed by atoms with Gasteiger partial charge in [0.2, 0.25) is 0 Å². The number of sulfone groups is 1. The van der Waals surface area contributed by atoms with Crippen molar-refractivity contribution in [1.29, 1.82) is 0 Å². The Morgan fingerprint density at radius 1 is 1.33 bits per heavy atom. The summed E-state index contributed by atoms with van der Waals surface area (Å²) in [4.78, 5) is 8.50. The molecule has 0 bridgehead atoms. The molecule has 0 aliphatic rings. The van der Waals surface area contributed by atoms with E-state index >= 15 is 0 Å². The second-order valence-corrected chi connectivity index (χ2v) is 7.98.